The Labute approximate surface area is 118 Å². The highest BCUT2D eigenvalue weighted by Crippen LogP contribution is 2.21. The molecule has 21 heavy (non-hydrogen) atoms. The molecule has 0 spiro atoms. The van der Waals surface area contributed by atoms with Crippen molar-refractivity contribution >= 4 is 11.8 Å². The van der Waals surface area contributed by atoms with Gasteiger partial charge < -0.3 is 0 Å². The highest BCUT2D eigenvalue weighted by atomic mass is 16.2. The Morgan fingerprint density at radius 2 is 1.48 bits per heavy atom. The van der Waals surface area contributed by atoms with Crippen LogP contribution in [0.3, 0.4) is 0 Å². The van der Waals surface area contributed by atoms with E-state index in [1.54, 1.807) is 24.3 Å². The lowest BCUT2D eigenvalue weighted by Crippen LogP contribution is -2.36. The fraction of sp³-hybridized carbons (Fsp3) is 0.143. The number of aromatic amines is 1. The maximum atomic E-state index is 12.1. The minimum absolute atomic E-state index is 0.0678. The van der Waals surface area contributed by atoms with E-state index in [-0.39, 0.29) is 24.9 Å². The third kappa shape index (κ3) is 2.18. The number of aromatic nitrogens is 2. The third-order valence-electron chi connectivity index (χ3n) is 3.34. The number of nitrogens with one attached hydrogen (secondary N) is 1. The summed E-state index contributed by atoms with van der Waals surface area (Å²) >= 11 is 0. The van der Waals surface area contributed by atoms with Gasteiger partial charge in [0.05, 0.1) is 11.1 Å². The van der Waals surface area contributed by atoms with E-state index in [4.69, 9.17) is 0 Å². The summed E-state index contributed by atoms with van der Waals surface area (Å²) in [7, 11) is 0. The van der Waals surface area contributed by atoms with Crippen molar-refractivity contribution in [2.24, 2.45) is 0 Å². The Balaban J connectivity index is 1.81. The molecule has 0 radical (unpaired) electrons. The number of nitrogens with zero attached hydrogens (tertiary/aromatic N) is 2. The molecule has 0 saturated carbocycles. The molecule has 106 valence electrons. The lowest BCUT2D eigenvalue weighted by atomic mass is 10.1. The molecule has 7 heteroatoms. The van der Waals surface area contributed by atoms with Gasteiger partial charge in [0.25, 0.3) is 17.4 Å². The fourth-order valence-corrected chi connectivity index (χ4v) is 2.27. The van der Waals surface area contributed by atoms with Gasteiger partial charge in [0, 0.05) is 25.4 Å². The van der Waals surface area contributed by atoms with Crippen LogP contribution in [0.25, 0.3) is 0 Å². The molecular weight excluding hydrogens is 274 g/mol. The van der Waals surface area contributed by atoms with Crippen molar-refractivity contribution in [3.63, 3.8) is 0 Å². The number of hydrogen-bond acceptors (Lipinski definition) is 4. The van der Waals surface area contributed by atoms with Crippen LogP contribution < -0.4 is 11.2 Å². The minimum atomic E-state index is -0.570. The number of amides is 2. The number of carbonyl (C=O) groups is 2. The first-order valence-corrected chi connectivity index (χ1v) is 6.33. The Morgan fingerprint density at radius 1 is 0.857 bits per heavy atom. The highest BCUT2D eigenvalue weighted by Gasteiger charge is 2.34. The summed E-state index contributed by atoms with van der Waals surface area (Å²) in [6.07, 6.45) is 1.33. The average molecular weight is 285 g/mol. The Morgan fingerprint density at radius 3 is 2.05 bits per heavy atom. The number of benzene rings is 1. The summed E-state index contributed by atoms with van der Waals surface area (Å²) in [6.45, 7) is 0.194. The van der Waals surface area contributed by atoms with E-state index in [0.29, 0.717) is 11.1 Å². The molecule has 2 amide bonds. The second-order valence-corrected chi connectivity index (χ2v) is 4.61. The van der Waals surface area contributed by atoms with Crippen molar-refractivity contribution in [2.75, 3.05) is 6.54 Å². The Hall–Kier alpha value is -2.96. The zero-order valence-corrected chi connectivity index (χ0v) is 10.9. The summed E-state index contributed by atoms with van der Waals surface area (Å²) in [4.78, 5) is 50.0. The first-order chi connectivity index (χ1) is 10.1. The van der Waals surface area contributed by atoms with Gasteiger partial charge in [0.1, 0.15) is 0 Å². The van der Waals surface area contributed by atoms with E-state index in [9.17, 15) is 19.2 Å². The van der Waals surface area contributed by atoms with Crippen molar-refractivity contribution < 1.29 is 9.59 Å². The standard InChI is InChI=1S/C14H11N3O4/c18-11-5-6-16(14(21)15-11)7-8-17-12(19)9-3-1-2-4-10(9)13(17)20/h1-6H,7-8H2,(H,15,18,21). The summed E-state index contributed by atoms with van der Waals surface area (Å²) in [5, 5.41) is 0. The molecule has 1 aliphatic rings. The lowest BCUT2D eigenvalue weighted by Gasteiger charge is -2.14. The van der Waals surface area contributed by atoms with Crippen LogP contribution in [0.5, 0.6) is 0 Å². The molecule has 1 aromatic heterocycles. The quantitative estimate of drug-likeness (QED) is 0.793. The smallest absolute Gasteiger partial charge is 0.299 e. The zero-order chi connectivity index (χ0) is 15.0. The van der Waals surface area contributed by atoms with Crippen LogP contribution in [-0.4, -0.2) is 32.8 Å². The molecule has 7 nitrogen and oxygen atoms in total. The third-order valence-corrected chi connectivity index (χ3v) is 3.34. The van der Waals surface area contributed by atoms with Gasteiger partial charge in [-0.25, -0.2) is 4.79 Å². The van der Waals surface area contributed by atoms with E-state index in [1.807, 2.05) is 0 Å². The normalized spacial score (nSPS) is 13.6. The van der Waals surface area contributed by atoms with Gasteiger partial charge in [-0.3, -0.25) is 28.8 Å². The van der Waals surface area contributed by atoms with Crippen LogP contribution in [0.15, 0.2) is 46.1 Å². The van der Waals surface area contributed by atoms with Crippen LogP contribution in [0.4, 0.5) is 0 Å². The minimum Gasteiger partial charge on any atom is -0.299 e. The van der Waals surface area contributed by atoms with Crippen molar-refractivity contribution in [3.8, 4) is 0 Å². The van der Waals surface area contributed by atoms with Gasteiger partial charge in [0.15, 0.2) is 0 Å². The second-order valence-electron chi connectivity index (χ2n) is 4.61. The van der Waals surface area contributed by atoms with Crippen molar-refractivity contribution in [2.45, 2.75) is 6.54 Å². The summed E-state index contributed by atoms with van der Waals surface area (Å²) < 4.78 is 1.24. The van der Waals surface area contributed by atoms with E-state index in [2.05, 4.69) is 4.98 Å². The number of hydrogen-bond donors (Lipinski definition) is 1. The molecule has 2 heterocycles. The number of fused-ring (bicyclic) bond motifs is 1. The van der Waals surface area contributed by atoms with E-state index < -0.39 is 11.2 Å². The maximum Gasteiger partial charge on any atom is 0.328 e. The van der Waals surface area contributed by atoms with E-state index in [0.717, 1.165) is 4.90 Å². The molecule has 3 rings (SSSR count). The number of H-pyrrole nitrogens is 1. The van der Waals surface area contributed by atoms with Crippen molar-refractivity contribution in [1.82, 2.24) is 14.5 Å². The van der Waals surface area contributed by atoms with Gasteiger partial charge in [-0.15, -0.1) is 0 Å². The molecule has 0 unspecified atom stereocenters. The van der Waals surface area contributed by atoms with Crippen molar-refractivity contribution in [3.05, 3.63) is 68.5 Å². The van der Waals surface area contributed by atoms with Gasteiger partial charge in [0.2, 0.25) is 0 Å². The monoisotopic (exact) mass is 285 g/mol. The summed E-state index contributed by atoms with van der Waals surface area (Å²) in [5.41, 5.74) is -0.316. The number of rotatable bonds is 3. The molecule has 1 aliphatic heterocycles. The molecule has 0 saturated heterocycles. The van der Waals surface area contributed by atoms with Gasteiger partial charge in [-0.1, -0.05) is 12.1 Å². The molecular formula is C14H11N3O4. The number of imide groups is 1. The summed E-state index contributed by atoms with van der Waals surface area (Å²) in [6, 6.07) is 7.80. The molecule has 2 aromatic rings. The first-order valence-electron chi connectivity index (χ1n) is 6.33. The highest BCUT2D eigenvalue weighted by molar-refractivity contribution is 6.21. The zero-order valence-electron chi connectivity index (χ0n) is 10.9. The summed E-state index contributed by atoms with van der Waals surface area (Å²) in [5.74, 6) is -0.735. The SMILES string of the molecule is O=C1c2ccccc2C(=O)N1CCn1ccc(=O)[nH]c1=O. The lowest BCUT2D eigenvalue weighted by molar-refractivity contribution is 0.0648. The number of carbonyl (C=O) groups excluding carboxylic acids is 2. The van der Waals surface area contributed by atoms with Crippen LogP contribution in [0, 0.1) is 0 Å². The van der Waals surface area contributed by atoms with E-state index in [1.165, 1.54) is 16.8 Å². The predicted octanol–water partition coefficient (Wildman–Crippen LogP) is -0.167. The van der Waals surface area contributed by atoms with E-state index >= 15 is 0 Å². The van der Waals surface area contributed by atoms with Crippen LogP contribution >= 0.6 is 0 Å². The maximum absolute atomic E-state index is 12.1. The fourth-order valence-electron chi connectivity index (χ4n) is 2.27. The largest absolute Gasteiger partial charge is 0.328 e. The predicted molar refractivity (Wildman–Crippen MR) is 73.1 cm³/mol. The molecule has 0 bridgehead atoms. The van der Waals surface area contributed by atoms with Gasteiger partial charge in [-0.05, 0) is 12.1 Å². The van der Waals surface area contributed by atoms with Gasteiger partial charge >= 0.3 is 5.69 Å². The first kappa shape index (κ1) is 13.0. The molecule has 1 aromatic carbocycles. The average Bonchev–Trinajstić information content (AvgIpc) is 2.71. The van der Waals surface area contributed by atoms with Crippen LogP contribution in [0.2, 0.25) is 0 Å². The van der Waals surface area contributed by atoms with Crippen LogP contribution in [0.1, 0.15) is 20.7 Å². The van der Waals surface area contributed by atoms with Crippen LogP contribution in [-0.2, 0) is 6.54 Å². The Kier molecular flexibility index (Phi) is 3.02. The van der Waals surface area contributed by atoms with Crippen molar-refractivity contribution in [1.29, 1.82) is 0 Å². The molecule has 0 fully saturated rings. The Bertz CT molecular complexity index is 815. The van der Waals surface area contributed by atoms with Gasteiger partial charge in [-0.2, -0.15) is 0 Å². The topological polar surface area (TPSA) is 92.2 Å². The second kappa shape index (κ2) is 4.86. The molecule has 0 aliphatic carbocycles. The molecule has 1 N–H and O–H groups in total. The molecule has 0 atom stereocenters.